The van der Waals surface area contributed by atoms with Gasteiger partial charge in [-0.15, -0.1) is 0 Å². The van der Waals surface area contributed by atoms with Crippen LogP contribution < -0.4 is 11.1 Å². The zero-order chi connectivity index (χ0) is 10.8. The van der Waals surface area contributed by atoms with Crippen LogP contribution in [-0.4, -0.2) is 17.6 Å². The van der Waals surface area contributed by atoms with E-state index in [1.54, 1.807) is 0 Å². The Morgan fingerprint density at radius 1 is 1.47 bits per heavy atom. The monoisotopic (exact) mass is 213 g/mol. The van der Waals surface area contributed by atoms with Crippen molar-refractivity contribution in [3.05, 3.63) is 23.9 Å². The molecule has 0 unspecified atom stereocenters. The number of aromatic nitrogens is 1. The van der Waals surface area contributed by atoms with E-state index >= 15 is 0 Å². The highest BCUT2D eigenvalue weighted by molar-refractivity contribution is 5.35. The van der Waals surface area contributed by atoms with Gasteiger partial charge in [0.1, 0.15) is 5.82 Å². The van der Waals surface area contributed by atoms with Gasteiger partial charge in [-0.2, -0.15) is 0 Å². The lowest BCUT2D eigenvalue weighted by Gasteiger charge is -2.32. The van der Waals surface area contributed by atoms with Crippen LogP contribution in [0.25, 0.3) is 0 Å². The van der Waals surface area contributed by atoms with Gasteiger partial charge in [0.15, 0.2) is 11.6 Å². The van der Waals surface area contributed by atoms with Crippen molar-refractivity contribution in [2.45, 2.75) is 18.9 Å². The third kappa shape index (κ3) is 2.41. The molecule has 0 radical (unpaired) electrons. The molecule has 0 amide bonds. The van der Waals surface area contributed by atoms with E-state index in [0.29, 0.717) is 12.5 Å². The first-order valence-corrected chi connectivity index (χ1v) is 4.95. The molecule has 1 saturated carbocycles. The molecule has 0 aliphatic heterocycles. The number of pyridine rings is 1. The molecular formula is C10H13F2N3. The Kier molecular flexibility index (Phi) is 2.81. The molecule has 0 saturated heterocycles. The smallest absolute Gasteiger partial charge is 0.168 e. The largest absolute Gasteiger partial charge is 0.367 e. The second-order valence-electron chi connectivity index (χ2n) is 3.96. The van der Waals surface area contributed by atoms with Gasteiger partial charge in [0, 0.05) is 18.7 Å². The Bertz CT molecular complexity index is 351. The van der Waals surface area contributed by atoms with Crippen LogP contribution in [0.2, 0.25) is 0 Å². The minimum absolute atomic E-state index is 0.108. The SMILES string of the molecule is NC1CC(CNc2ncc(F)cc2F)C1. The number of nitrogens with zero attached hydrogens (tertiary/aromatic N) is 1. The van der Waals surface area contributed by atoms with Crippen LogP contribution >= 0.6 is 0 Å². The lowest BCUT2D eigenvalue weighted by atomic mass is 9.81. The van der Waals surface area contributed by atoms with Gasteiger partial charge in [-0.25, -0.2) is 13.8 Å². The van der Waals surface area contributed by atoms with E-state index in [9.17, 15) is 8.78 Å². The number of halogens is 2. The molecule has 0 bridgehead atoms. The zero-order valence-corrected chi connectivity index (χ0v) is 8.21. The minimum atomic E-state index is -0.663. The van der Waals surface area contributed by atoms with Crippen molar-refractivity contribution in [1.29, 1.82) is 0 Å². The van der Waals surface area contributed by atoms with Gasteiger partial charge in [0.25, 0.3) is 0 Å². The van der Waals surface area contributed by atoms with E-state index in [1.807, 2.05) is 0 Å². The van der Waals surface area contributed by atoms with Crippen LogP contribution in [-0.2, 0) is 0 Å². The minimum Gasteiger partial charge on any atom is -0.367 e. The number of rotatable bonds is 3. The van der Waals surface area contributed by atoms with Gasteiger partial charge in [0.2, 0.25) is 0 Å². The van der Waals surface area contributed by atoms with Gasteiger partial charge in [0.05, 0.1) is 6.20 Å². The van der Waals surface area contributed by atoms with E-state index in [4.69, 9.17) is 5.73 Å². The van der Waals surface area contributed by atoms with Gasteiger partial charge in [-0.05, 0) is 18.8 Å². The van der Waals surface area contributed by atoms with Crippen LogP contribution in [0.15, 0.2) is 12.3 Å². The summed E-state index contributed by atoms with van der Waals surface area (Å²) >= 11 is 0. The van der Waals surface area contributed by atoms with Crippen molar-refractivity contribution in [1.82, 2.24) is 4.98 Å². The molecule has 1 fully saturated rings. The molecule has 0 atom stereocenters. The number of nitrogens with two attached hydrogens (primary N) is 1. The Balaban J connectivity index is 1.88. The first-order valence-electron chi connectivity index (χ1n) is 4.95. The maximum Gasteiger partial charge on any atom is 0.168 e. The lowest BCUT2D eigenvalue weighted by Crippen LogP contribution is -2.39. The summed E-state index contributed by atoms with van der Waals surface area (Å²) < 4.78 is 25.6. The lowest BCUT2D eigenvalue weighted by molar-refractivity contribution is 0.279. The highest BCUT2D eigenvalue weighted by Gasteiger charge is 2.25. The number of hydrogen-bond acceptors (Lipinski definition) is 3. The quantitative estimate of drug-likeness (QED) is 0.800. The van der Waals surface area contributed by atoms with Crippen molar-refractivity contribution < 1.29 is 8.78 Å². The molecule has 1 aliphatic rings. The first-order chi connectivity index (χ1) is 7.15. The molecule has 1 aromatic rings. The van der Waals surface area contributed by atoms with E-state index in [-0.39, 0.29) is 11.9 Å². The molecule has 82 valence electrons. The fraction of sp³-hybridized carbons (Fsp3) is 0.500. The number of hydrogen-bond donors (Lipinski definition) is 2. The van der Waals surface area contributed by atoms with E-state index in [0.717, 1.165) is 25.1 Å². The third-order valence-corrected chi connectivity index (χ3v) is 2.64. The molecule has 1 heterocycles. The predicted molar refractivity (Wildman–Crippen MR) is 53.3 cm³/mol. The molecule has 1 aliphatic carbocycles. The molecule has 0 aromatic carbocycles. The average molecular weight is 213 g/mol. The first kappa shape index (κ1) is 10.3. The maximum absolute atomic E-state index is 13.1. The molecular weight excluding hydrogens is 200 g/mol. The average Bonchev–Trinajstić information content (AvgIpc) is 2.13. The summed E-state index contributed by atoms with van der Waals surface area (Å²) in [7, 11) is 0. The Morgan fingerprint density at radius 3 is 2.80 bits per heavy atom. The molecule has 5 heteroatoms. The summed E-state index contributed by atoms with van der Waals surface area (Å²) in [6.07, 6.45) is 2.91. The molecule has 3 nitrogen and oxygen atoms in total. The van der Waals surface area contributed by atoms with Crippen LogP contribution in [0.5, 0.6) is 0 Å². The Morgan fingerprint density at radius 2 is 2.20 bits per heavy atom. The summed E-state index contributed by atoms with van der Waals surface area (Å²) in [4.78, 5) is 3.63. The van der Waals surface area contributed by atoms with E-state index < -0.39 is 11.6 Å². The molecule has 2 rings (SSSR count). The number of nitrogens with one attached hydrogen (secondary N) is 1. The molecule has 0 spiro atoms. The van der Waals surface area contributed by atoms with E-state index in [2.05, 4.69) is 10.3 Å². The summed E-state index contributed by atoms with van der Waals surface area (Å²) in [6.45, 7) is 0.642. The molecule has 1 aromatic heterocycles. The van der Waals surface area contributed by atoms with Crippen molar-refractivity contribution in [3.8, 4) is 0 Å². The summed E-state index contributed by atoms with van der Waals surface area (Å²) in [5.41, 5.74) is 5.62. The van der Waals surface area contributed by atoms with Crippen molar-refractivity contribution in [3.63, 3.8) is 0 Å². The summed E-state index contributed by atoms with van der Waals surface area (Å²) in [5.74, 6) is -0.731. The third-order valence-electron chi connectivity index (χ3n) is 2.64. The highest BCUT2D eigenvalue weighted by atomic mass is 19.1. The van der Waals surface area contributed by atoms with Crippen molar-refractivity contribution in [2.75, 3.05) is 11.9 Å². The Labute approximate surface area is 86.7 Å². The zero-order valence-electron chi connectivity index (χ0n) is 8.21. The molecule has 15 heavy (non-hydrogen) atoms. The topological polar surface area (TPSA) is 50.9 Å². The Hall–Kier alpha value is -1.23. The molecule has 3 N–H and O–H groups in total. The maximum atomic E-state index is 13.1. The van der Waals surface area contributed by atoms with E-state index in [1.165, 1.54) is 0 Å². The van der Waals surface area contributed by atoms with Gasteiger partial charge in [-0.1, -0.05) is 0 Å². The van der Waals surface area contributed by atoms with Crippen LogP contribution in [0.4, 0.5) is 14.6 Å². The fourth-order valence-corrected chi connectivity index (χ4v) is 1.74. The summed E-state index contributed by atoms with van der Waals surface area (Å²) in [5, 5.41) is 2.85. The van der Waals surface area contributed by atoms with Crippen molar-refractivity contribution in [2.24, 2.45) is 11.7 Å². The summed E-state index contributed by atoms with van der Waals surface area (Å²) in [6, 6.07) is 1.10. The van der Waals surface area contributed by atoms with Crippen LogP contribution in [0, 0.1) is 17.6 Å². The van der Waals surface area contributed by atoms with Crippen LogP contribution in [0.1, 0.15) is 12.8 Å². The normalized spacial score (nSPS) is 24.7. The van der Waals surface area contributed by atoms with Gasteiger partial charge < -0.3 is 11.1 Å². The van der Waals surface area contributed by atoms with Crippen LogP contribution in [0.3, 0.4) is 0 Å². The fourth-order valence-electron chi connectivity index (χ4n) is 1.74. The second-order valence-corrected chi connectivity index (χ2v) is 3.96. The van der Waals surface area contributed by atoms with Crippen molar-refractivity contribution >= 4 is 5.82 Å². The van der Waals surface area contributed by atoms with Gasteiger partial charge in [-0.3, -0.25) is 0 Å². The second kappa shape index (κ2) is 4.10. The highest BCUT2D eigenvalue weighted by Crippen LogP contribution is 2.25. The van der Waals surface area contributed by atoms with Gasteiger partial charge >= 0.3 is 0 Å². The predicted octanol–water partition coefficient (Wildman–Crippen LogP) is 1.51. The number of anilines is 1. The standard InChI is InChI=1S/C10H13F2N3/c11-7-3-9(12)10(15-5-7)14-4-6-1-8(13)2-6/h3,5-6,8H,1-2,4,13H2,(H,14,15).